The topological polar surface area (TPSA) is 37.4 Å². The van der Waals surface area contributed by atoms with Gasteiger partial charge in [0.15, 0.2) is 0 Å². The lowest BCUT2D eigenvalue weighted by Gasteiger charge is -2.58. The number of hydrogen-bond acceptors (Lipinski definition) is 2. The summed E-state index contributed by atoms with van der Waals surface area (Å²) in [5.41, 5.74) is 0.159. The third kappa shape index (κ3) is 1.93. The Kier molecular flexibility index (Phi) is 3.18. The van der Waals surface area contributed by atoms with Crippen molar-refractivity contribution in [2.45, 2.75) is 64.8 Å². The molecule has 19 heavy (non-hydrogen) atoms. The molecule has 106 valence electrons. The largest absolute Gasteiger partial charge is 0.339 e. The normalized spacial score (nSPS) is 42.5. The molecule has 4 unspecified atom stereocenters. The van der Waals surface area contributed by atoms with Gasteiger partial charge in [-0.15, -0.1) is 0 Å². The minimum absolute atomic E-state index is 0.101. The molecule has 1 aliphatic heterocycles. The highest BCUT2D eigenvalue weighted by molar-refractivity contribution is 5.84. The highest BCUT2D eigenvalue weighted by Gasteiger charge is 2.55. The minimum Gasteiger partial charge on any atom is -0.339 e. The molecule has 0 bridgehead atoms. The van der Waals surface area contributed by atoms with Crippen LogP contribution in [0.15, 0.2) is 0 Å². The number of piperidine rings is 1. The van der Waals surface area contributed by atoms with E-state index in [4.69, 9.17) is 0 Å². The molecule has 3 aliphatic rings. The molecule has 3 nitrogen and oxygen atoms in total. The van der Waals surface area contributed by atoms with Gasteiger partial charge in [0.2, 0.25) is 5.91 Å². The third-order valence-corrected chi connectivity index (χ3v) is 6.08. The van der Waals surface area contributed by atoms with Gasteiger partial charge >= 0.3 is 0 Å². The van der Waals surface area contributed by atoms with E-state index in [0.717, 1.165) is 19.3 Å². The molecule has 0 radical (unpaired) electrons. The standard InChI is InChI=1S/C16H25NO2/c1-11(18)17-10-13-15(19)8-5-9-16(13,2)12-6-3-4-7-14(12)17/h12-14H,3-10H2,1-2H3. The van der Waals surface area contributed by atoms with Crippen LogP contribution in [0.5, 0.6) is 0 Å². The van der Waals surface area contributed by atoms with E-state index in [1.807, 2.05) is 4.90 Å². The lowest BCUT2D eigenvalue weighted by atomic mass is 9.53. The van der Waals surface area contributed by atoms with E-state index in [2.05, 4.69) is 6.92 Å². The van der Waals surface area contributed by atoms with E-state index < -0.39 is 0 Å². The number of fused-ring (bicyclic) bond motifs is 3. The second-order valence-electron chi connectivity index (χ2n) is 7.01. The van der Waals surface area contributed by atoms with Gasteiger partial charge in [0, 0.05) is 31.8 Å². The summed E-state index contributed by atoms with van der Waals surface area (Å²) >= 11 is 0. The molecule has 0 N–H and O–H groups in total. The van der Waals surface area contributed by atoms with Gasteiger partial charge in [-0.3, -0.25) is 9.59 Å². The predicted octanol–water partition coefficient (Wildman–Crippen LogP) is 2.78. The first kappa shape index (κ1) is 13.1. The zero-order valence-corrected chi connectivity index (χ0v) is 12.2. The van der Waals surface area contributed by atoms with Crippen LogP contribution in [0.4, 0.5) is 0 Å². The highest BCUT2D eigenvalue weighted by atomic mass is 16.2. The molecule has 1 saturated heterocycles. The van der Waals surface area contributed by atoms with E-state index in [1.54, 1.807) is 6.92 Å². The summed E-state index contributed by atoms with van der Waals surface area (Å²) in [4.78, 5) is 26.3. The first-order valence-electron chi connectivity index (χ1n) is 7.84. The molecule has 3 heteroatoms. The quantitative estimate of drug-likeness (QED) is 0.674. The Bertz CT molecular complexity index is 406. The third-order valence-electron chi connectivity index (χ3n) is 6.08. The molecule has 1 amide bonds. The van der Waals surface area contributed by atoms with Crippen molar-refractivity contribution in [3.8, 4) is 0 Å². The van der Waals surface area contributed by atoms with Crippen molar-refractivity contribution in [3.63, 3.8) is 0 Å². The molecular weight excluding hydrogens is 238 g/mol. The minimum atomic E-state index is 0.101. The van der Waals surface area contributed by atoms with Gasteiger partial charge in [0.1, 0.15) is 5.78 Å². The number of carbonyl (C=O) groups is 2. The van der Waals surface area contributed by atoms with Crippen LogP contribution in [0.3, 0.4) is 0 Å². The Balaban J connectivity index is 1.97. The van der Waals surface area contributed by atoms with Crippen LogP contribution in [0.25, 0.3) is 0 Å². The predicted molar refractivity (Wildman–Crippen MR) is 73.6 cm³/mol. The molecule has 3 rings (SSSR count). The van der Waals surface area contributed by atoms with Gasteiger partial charge < -0.3 is 4.90 Å². The maximum absolute atomic E-state index is 12.3. The Hall–Kier alpha value is -0.860. The van der Waals surface area contributed by atoms with Crippen molar-refractivity contribution >= 4 is 11.7 Å². The molecular formula is C16H25NO2. The van der Waals surface area contributed by atoms with Gasteiger partial charge in [-0.1, -0.05) is 19.8 Å². The molecule has 2 saturated carbocycles. The maximum atomic E-state index is 12.3. The number of likely N-dealkylation sites (tertiary alicyclic amines) is 1. The second-order valence-corrected chi connectivity index (χ2v) is 7.01. The fourth-order valence-corrected chi connectivity index (χ4v) is 5.06. The number of amides is 1. The molecule has 0 aromatic carbocycles. The number of nitrogens with zero attached hydrogens (tertiary/aromatic N) is 1. The van der Waals surface area contributed by atoms with E-state index in [0.29, 0.717) is 24.3 Å². The number of carbonyl (C=O) groups excluding carboxylic acids is 2. The second kappa shape index (κ2) is 4.60. The summed E-state index contributed by atoms with van der Waals surface area (Å²) in [7, 11) is 0. The molecule has 2 aliphatic carbocycles. The molecule has 0 aromatic rings. The fraction of sp³-hybridized carbons (Fsp3) is 0.875. The molecule has 3 fully saturated rings. The average molecular weight is 263 g/mol. The zero-order valence-electron chi connectivity index (χ0n) is 12.2. The van der Waals surface area contributed by atoms with E-state index >= 15 is 0 Å². The van der Waals surface area contributed by atoms with Crippen LogP contribution in [0.2, 0.25) is 0 Å². The van der Waals surface area contributed by atoms with Crippen molar-refractivity contribution in [1.82, 2.24) is 4.90 Å². The Morgan fingerprint density at radius 2 is 2.00 bits per heavy atom. The average Bonchev–Trinajstić information content (AvgIpc) is 2.38. The van der Waals surface area contributed by atoms with Crippen molar-refractivity contribution in [3.05, 3.63) is 0 Å². The highest BCUT2D eigenvalue weighted by Crippen LogP contribution is 2.54. The van der Waals surface area contributed by atoms with Crippen LogP contribution in [-0.2, 0) is 9.59 Å². The molecule has 4 atom stereocenters. The summed E-state index contributed by atoms with van der Waals surface area (Å²) in [6.45, 7) is 4.68. The number of hydrogen-bond donors (Lipinski definition) is 0. The van der Waals surface area contributed by atoms with Crippen molar-refractivity contribution in [2.24, 2.45) is 17.3 Å². The van der Waals surface area contributed by atoms with Crippen LogP contribution in [-0.4, -0.2) is 29.2 Å². The van der Waals surface area contributed by atoms with Crippen molar-refractivity contribution < 1.29 is 9.59 Å². The van der Waals surface area contributed by atoms with E-state index in [-0.39, 0.29) is 17.2 Å². The Morgan fingerprint density at radius 3 is 2.74 bits per heavy atom. The lowest BCUT2D eigenvalue weighted by Crippen LogP contribution is -2.62. The summed E-state index contributed by atoms with van der Waals surface area (Å²) < 4.78 is 0. The van der Waals surface area contributed by atoms with Crippen molar-refractivity contribution in [2.75, 3.05) is 6.54 Å². The van der Waals surface area contributed by atoms with E-state index in [1.165, 1.54) is 25.7 Å². The first-order chi connectivity index (χ1) is 9.04. The van der Waals surface area contributed by atoms with Crippen molar-refractivity contribution in [1.29, 1.82) is 0 Å². The molecule has 0 aromatic heterocycles. The maximum Gasteiger partial charge on any atom is 0.219 e. The Labute approximate surface area is 115 Å². The van der Waals surface area contributed by atoms with Crippen LogP contribution >= 0.6 is 0 Å². The summed E-state index contributed by atoms with van der Waals surface area (Å²) in [6.07, 6.45) is 7.80. The van der Waals surface area contributed by atoms with Crippen LogP contribution in [0.1, 0.15) is 58.8 Å². The van der Waals surface area contributed by atoms with Gasteiger partial charge in [-0.05, 0) is 37.0 Å². The summed E-state index contributed by atoms with van der Waals surface area (Å²) in [5.74, 6) is 1.22. The Morgan fingerprint density at radius 1 is 1.26 bits per heavy atom. The fourth-order valence-electron chi connectivity index (χ4n) is 5.06. The number of rotatable bonds is 0. The van der Waals surface area contributed by atoms with E-state index in [9.17, 15) is 9.59 Å². The molecule has 0 spiro atoms. The number of Topliss-reactive ketones (excluding diaryl/α,β-unsaturated/α-hetero) is 1. The van der Waals surface area contributed by atoms with Gasteiger partial charge in [0.25, 0.3) is 0 Å². The monoisotopic (exact) mass is 263 g/mol. The summed E-state index contributed by atoms with van der Waals surface area (Å²) in [5, 5.41) is 0. The van der Waals surface area contributed by atoms with Crippen LogP contribution < -0.4 is 0 Å². The molecule has 1 heterocycles. The number of ketones is 1. The van der Waals surface area contributed by atoms with Gasteiger partial charge in [-0.2, -0.15) is 0 Å². The zero-order chi connectivity index (χ0) is 13.6. The summed E-state index contributed by atoms with van der Waals surface area (Å²) in [6, 6.07) is 0.401. The lowest BCUT2D eigenvalue weighted by molar-refractivity contribution is -0.157. The smallest absolute Gasteiger partial charge is 0.219 e. The van der Waals surface area contributed by atoms with Gasteiger partial charge in [-0.25, -0.2) is 0 Å². The SMILES string of the molecule is CC(=O)N1CC2C(=O)CCCC2(C)C2CCCCC21. The first-order valence-corrected chi connectivity index (χ1v) is 7.84. The van der Waals surface area contributed by atoms with Gasteiger partial charge in [0.05, 0.1) is 0 Å². The van der Waals surface area contributed by atoms with Crippen LogP contribution in [0, 0.1) is 17.3 Å².